The Morgan fingerprint density at radius 3 is 2.70 bits per heavy atom. The van der Waals surface area contributed by atoms with Crippen molar-refractivity contribution in [2.75, 3.05) is 52.7 Å². The Labute approximate surface area is 118 Å². The topological polar surface area (TPSA) is 74.5 Å². The smallest absolute Gasteiger partial charge is 0.181 e. The molecule has 0 aliphatic carbocycles. The summed E-state index contributed by atoms with van der Waals surface area (Å²) in [7, 11) is 1.84. The van der Waals surface area contributed by atoms with Gasteiger partial charge in [-0.25, -0.2) is 4.68 Å². The van der Waals surface area contributed by atoms with Crippen LogP contribution >= 0.6 is 0 Å². The molecule has 3 rings (SSSR count). The molecule has 2 fully saturated rings. The second-order valence-electron chi connectivity index (χ2n) is 5.30. The average molecular weight is 283 g/mol. The van der Waals surface area contributed by atoms with E-state index < -0.39 is 0 Å². The summed E-state index contributed by atoms with van der Waals surface area (Å²) in [6, 6.07) is 0. The first-order valence-electron chi connectivity index (χ1n) is 7.04. The standard InChI is InChI=1S/C12H21N5O3/c1-16-12(13-14-15-16)11-7-17(2-3-20-11)6-10-8-18-4-5-19-9-10/h10-11H,2-9H2,1H3. The van der Waals surface area contributed by atoms with Crippen molar-refractivity contribution in [3.05, 3.63) is 5.82 Å². The van der Waals surface area contributed by atoms with E-state index in [4.69, 9.17) is 14.2 Å². The predicted octanol–water partition coefficient (Wildman–Crippen LogP) is -0.754. The van der Waals surface area contributed by atoms with Gasteiger partial charge in [-0.3, -0.25) is 4.90 Å². The summed E-state index contributed by atoms with van der Waals surface area (Å²) in [4.78, 5) is 2.38. The molecular formula is C12H21N5O3. The molecule has 2 aliphatic rings. The van der Waals surface area contributed by atoms with Crippen LogP contribution in [0.1, 0.15) is 11.9 Å². The zero-order valence-electron chi connectivity index (χ0n) is 11.8. The third kappa shape index (κ3) is 3.32. The van der Waals surface area contributed by atoms with Gasteiger partial charge in [0, 0.05) is 32.6 Å². The van der Waals surface area contributed by atoms with Crippen molar-refractivity contribution in [3.63, 3.8) is 0 Å². The van der Waals surface area contributed by atoms with E-state index >= 15 is 0 Å². The molecule has 1 atom stereocenters. The molecule has 0 radical (unpaired) electrons. The average Bonchev–Trinajstić information content (AvgIpc) is 2.72. The van der Waals surface area contributed by atoms with Gasteiger partial charge in [-0.1, -0.05) is 0 Å². The first-order chi connectivity index (χ1) is 9.83. The number of rotatable bonds is 3. The number of ether oxygens (including phenoxy) is 3. The molecule has 0 saturated carbocycles. The van der Waals surface area contributed by atoms with Gasteiger partial charge in [-0.2, -0.15) is 0 Å². The van der Waals surface area contributed by atoms with Gasteiger partial charge in [0.05, 0.1) is 33.0 Å². The first-order valence-corrected chi connectivity index (χ1v) is 7.04. The lowest BCUT2D eigenvalue weighted by molar-refractivity contribution is -0.0452. The Hall–Kier alpha value is -1.09. The van der Waals surface area contributed by atoms with Crippen LogP contribution in [0.15, 0.2) is 0 Å². The van der Waals surface area contributed by atoms with E-state index in [9.17, 15) is 0 Å². The van der Waals surface area contributed by atoms with Crippen LogP contribution in [0.25, 0.3) is 0 Å². The summed E-state index contributed by atoms with van der Waals surface area (Å²) >= 11 is 0. The van der Waals surface area contributed by atoms with Crippen LogP contribution in [0.2, 0.25) is 0 Å². The minimum Gasteiger partial charge on any atom is -0.379 e. The molecule has 0 bridgehead atoms. The molecule has 3 heterocycles. The molecule has 8 heteroatoms. The minimum absolute atomic E-state index is 0.0589. The van der Waals surface area contributed by atoms with Crippen molar-refractivity contribution >= 4 is 0 Å². The molecule has 1 aromatic rings. The summed E-state index contributed by atoms with van der Waals surface area (Å²) in [5, 5.41) is 11.6. The highest BCUT2D eigenvalue weighted by Gasteiger charge is 2.27. The van der Waals surface area contributed by atoms with Gasteiger partial charge in [-0.15, -0.1) is 5.10 Å². The van der Waals surface area contributed by atoms with Crippen LogP contribution < -0.4 is 0 Å². The van der Waals surface area contributed by atoms with E-state index in [0.29, 0.717) is 25.7 Å². The van der Waals surface area contributed by atoms with E-state index in [0.717, 1.165) is 38.7 Å². The maximum atomic E-state index is 5.78. The minimum atomic E-state index is -0.0589. The highest BCUT2D eigenvalue weighted by molar-refractivity contribution is 4.91. The van der Waals surface area contributed by atoms with Crippen LogP contribution in [0.5, 0.6) is 0 Å². The second-order valence-corrected chi connectivity index (χ2v) is 5.30. The zero-order valence-corrected chi connectivity index (χ0v) is 11.8. The summed E-state index contributed by atoms with van der Waals surface area (Å²) in [5.74, 6) is 1.21. The Bertz CT molecular complexity index is 419. The molecular weight excluding hydrogens is 262 g/mol. The van der Waals surface area contributed by atoms with Crippen LogP contribution in [-0.4, -0.2) is 77.8 Å². The van der Waals surface area contributed by atoms with E-state index in [-0.39, 0.29) is 6.10 Å². The van der Waals surface area contributed by atoms with Crippen LogP contribution in [-0.2, 0) is 21.3 Å². The Morgan fingerprint density at radius 2 is 2.00 bits per heavy atom. The Morgan fingerprint density at radius 1 is 1.20 bits per heavy atom. The number of hydrogen-bond acceptors (Lipinski definition) is 7. The zero-order chi connectivity index (χ0) is 13.8. The molecule has 0 N–H and O–H groups in total. The fourth-order valence-electron chi connectivity index (χ4n) is 2.67. The third-order valence-electron chi connectivity index (χ3n) is 3.69. The molecule has 2 saturated heterocycles. The predicted molar refractivity (Wildman–Crippen MR) is 69.1 cm³/mol. The van der Waals surface area contributed by atoms with Crippen LogP contribution in [0.3, 0.4) is 0 Å². The normalized spacial score (nSPS) is 26.6. The number of aromatic nitrogens is 4. The van der Waals surface area contributed by atoms with Gasteiger partial charge in [0.1, 0.15) is 6.10 Å². The van der Waals surface area contributed by atoms with E-state index in [2.05, 4.69) is 20.4 Å². The van der Waals surface area contributed by atoms with Crippen molar-refractivity contribution in [2.45, 2.75) is 6.10 Å². The van der Waals surface area contributed by atoms with Gasteiger partial charge < -0.3 is 14.2 Å². The highest BCUT2D eigenvalue weighted by Crippen LogP contribution is 2.20. The van der Waals surface area contributed by atoms with Gasteiger partial charge in [0.25, 0.3) is 0 Å². The summed E-state index contributed by atoms with van der Waals surface area (Å²) in [6.07, 6.45) is -0.0589. The Balaban J connectivity index is 1.56. The number of aryl methyl sites for hydroxylation is 1. The first kappa shape index (κ1) is 13.9. The lowest BCUT2D eigenvalue weighted by Gasteiger charge is -2.33. The Kier molecular flexibility index (Phi) is 4.56. The maximum Gasteiger partial charge on any atom is 0.181 e. The molecule has 2 aliphatic heterocycles. The molecule has 1 aromatic heterocycles. The molecule has 1 unspecified atom stereocenters. The van der Waals surface area contributed by atoms with E-state index in [1.54, 1.807) is 4.68 Å². The summed E-state index contributed by atoms with van der Waals surface area (Å²) in [5.41, 5.74) is 0. The van der Waals surface area contributed by atoms with Crippen molar-refractivity contribution < 1.29 is 14.2 Å². The fourth-order valence-corrected chi connectivity index (χ4v) is 2.67. The van der Waals surface area contributed by atoms with Gasteiger partial charge in [0.2, 0.25) is 0 Å². The van der Waals surface area contributed by atoms with Crippen LogP contribution in [0.4, 0.5) is 0 Å². The van der Waals surface area contributed by atoms with Crippen LogP contribution in [0, 0.1) is 5.92 Å². The number of nitrogens with zero attached hydrogens (tertiary/aromatic N) is 5. The lowest BCUT2D eigenvalue weighted by atomic mass is 10.1. The van der Waals surface area contributed by atoms with Gasteiger partial charge >= 0.3 is 0 Å². The quantitative estimate of drug-likeness (QED) is 0.722. The van der Waals surface area contributed by atoms with E-state index in [1.807, 2.05) is 7.05 Å². The van der Waals surface area contributed by atoms with Crippen molar-refractivity contribution in [1.29, 1.82) is 0 Å². The fraction of sp³-hybridized carbons (Fsp3) is 0.917. The van der Waals surface area contributed by atoms with Crippen molar-refractivity contribution in [1.82, 2.24) is 25.1 Å². The van der Waals surface area contributed by atoms with E-state index in [1.165, 1.54) is 0 Å². The third-order valence-corrected chi connectivity index (χ3v) is 3.69. The summed E-state index contributed by atoms with van der Waals surface area (Å²) in [6.45, 7) is 6.35. The molecule has 20 heavy (non-hydrogen) atoms. The molecule has 0 amide bonds. The molecule has 112 valence electrons. The number of hydrogen-bond donors (Lipinski definition) is 0. The largest absolute Gasteiger partial charge is 0.379 e. The summed E-state index contributed by atoms with van der Waals surface area (Å²) < 4.78 is 18.5. The maximum absolute atomic E-state index is 5.78. The molecule has 0 spiro atoms. The van der Waals surface area contributed by atoms with Crippen molar-refractivity contribution in [3.8, 4) is 0 Å². The van der Waals surface area contributed by atoms with Gasteiger partial charge in [-0.05, 0) is 10.4 Å². The van der Waals surface area contributed by atoms with Gasteiger partial charge in [0.15, 0.2) is 5.82 Å². The monoisotopic (exact) mass is 283 g/mol. The molecule has 0 aromatic carbocycles. The second kappa shape index (κ2) is 6.57. The van der Waals surface area contributed by atoms with Crippen molar-refractivity contribution in [2.24, 2.45) is 13.0 Å². The number of tetrazole rings is 1. The number of morpholine rings is 1. The lowest BCUT2D eigenvalue weighted by Crippen LogP contribution is -2.43. The SMILES string of the molecule is Cn1nnnc1C1CN(CC2COCCOC2)CCO1. The molecule has 8 nitrogen and oxygen atoms in total. The highest BCUT2D eigenvalue weighted by atomic mass is 16.5.